The average Bonchev–Trinajstić information content (AvgIpc) is 2.25. The zero-order chi connectivity index (χ0) is 11.3. The molecular formula is C11H13N3O. The lowest BCUT2D eigenvalue weighted by molar-refractivity contribution is 0.0797. The minimum Gasteiger partial charge on any atom is -0.341 e. The summed E-state index contributed by atoms with van der Waals surface area (Å²) < 4.78 is 0. The molecule has 0 bridgehead atoms. The van der Waals surface area contributed by atoms with Crippen molar-refractivity contribution in [1.29, 1.82) is 5.26 Å². The number of rotatable bonds is 3. The first-order chi connectivity index (χ1) is 7.16. The summed E-state index contributed by atoms with van der Waals surface area (Å²) in [6, 6.07) is 5.49. The van der Waals surface area contributed by atoms with E-state index < -0.39 is 0 Å². The molecule has 4 nitrogen and oxygen atoms in total. The SMILES string of the molecule is Cc1ncccc1C(=O)N(C)CCC#N. The minimum absolute atomic E-state index is 0.0872. The Balaban J connectivity index is 2.77. The summed E-state index contributed by atoms with van der Waals surface area (Å²) in [5, 5.41) is 8.42. The van der Waals surface area contributed by atoms with Gasteiger partial charge in [-0.05, 0) is 19.1 Å². The van der Waals surface area contributed by atoms with E-state index in [1.165, 1.54) is 4.90 Å². The molecule has 1 aromatic rings. The van der Waals surface area contributed by atoms with Crippen molar-refractivity contribution < 1.29 is 4.79 Å². The van der Waals surface area contributed by atoms with Crippen LogP contribution in [0.25, 0.3) is 0 Å². The molecule has 15 heavy (non-hydrogen) atoms. The van der Waals surface area contributed by atoms with Gasteiger partial charge in [-0.3, -0.25) is 9.78 Å². The van der Waals surface area contributed by atoms with Gasteiger partial charge < -0.3 is 4.90 Å². The van der Waals surface area contributed by atoms with Gasteiger partial charge in [-0.2, -0.15) is 5.26 Å². The van der Waals surface area contributed by atoms with E-state index in [2.05, 4.69) is 4.98 Å². The van der Waals surface area contributed by atoms with Crippen LogP contribution in [-0.4, -0.2) is 29.4 Å². The standard InChI is InChI=1S/C11H13N3O/c1-9-10(5-3-7-13-9)11(15)14(2)8-4-6-12/h3,5,7H,4,8H2,1-2H3. The molecule has 0 unspecified atom stereocenters. The number of hydrogen-bond donors (Lipinski definition) is 0. The van der Waals surface area contributed by atoms with Gasteiger partial charge in [-0.15, -0.1) is 0 Å². The Morgan fingerprint density at radius 1 is 1.67 bits per heavy atom. The fourth-order valence-electron chi connectivity index (χ4n) is 1.24. The average molecular weight is 203 g/mol. The van der Waals surface area contributed by atoms with Crippen LogP contribution in [0.2, 0.25) is 0 Å². The van der Waals surface area contributed by atoms with E-state index in [1.807, 2.05) is 6.07 Å². The zero-order valence-corrected chi connectivity index (χ0v) is 8.90. The highest BCUT2D eigenvalue weighted by atomic mass is 16.2. The van der Waals surface area contributed by atoms with Crippen molar-refractivity contribution >= 4 is 5.91 Å². The molecule has 0 spiro atoms. The number of aryl methyl sites for hydroxylation is 1. The number of nitrogens with zero attached hydrogens (tertiary/aromatic N) is 3. The Kier molecular flexibility index (Phi) is 3.81. The van der Waals surface area contributed by atoms with E-state index in [9.17, 15) is 4.79 Å². The third kappa shape index (κ3) is 2.78. The van der Waals surface area contributed by atoms with Crippen LogP contribution >= 0.6 is 0 Å². The highest BCUT2D eigenvalue weighted by Crippen LogP contribution is 2.07. The van der Waals surface area contributed by atoms with Gasteiger partial charge in [0.05, 0.1) is 18.1 Å². The summed E-state index contributed by atoms with van der Waals surface area (Å²) in [6.07, 6.45) is 2.00. The van der Waals surface area contributed by atoms with Crippen LogP contribution in [0.3, 0.4) is 0 Å². The minimum atomic E-state index is -0.0872. The predicted octanol–water partition coefficient (Wildman–Crippen LogP) is 1.38. The van der Waals surface area contributed by atoms with E-state index in [4.69, 9.17) is 5.26 Å². The molecule has 0 N–H and O–H groups in total. The first-order valence-electron chi connectivity index (χ1n) is 4.71. The van der Waals surface area contributed by atoms with Crippen molar-refractivity contribution in [3.63, 3.8) is 0 Å². The summed E-state index contributed by atoms with van der Waals surface area (Å²) in [6.45, 7) is 2.25. The smallest absolute Gasteiger partial charge is 0.255 e. The number of aromatic nitrogens is 1. The lowest BCUT2D eigenvalue weighted by Gasteiger charge is -2.16. The number of carbonyl (C=O) groups excluding carboxylic acids is 1. The molecule has 1 rings (SSSR count). The Labute approximate surface area is 89.2 Å². The predicted molar refractivity (Wildman–Crippen MR) is 56.2 cm³/mol. The number of nitriles is 1. The van der Waals surface area contributed by atoms with E-state index in [0.717, 1.165) is 0 Å². The number of pyridine rings is 1. The molecule has 78 valence electrons. The molecule has 0 aliphatic heterocycles. The van der Waals surface area contributed by atoms with Crippen molar-refractivity contribution in [2.24, 2.45) is 0 Å². The molecule has 0 aliphatic rings. The van der Waals surface area contributed by atoms with Gasteiger partial charge in [0.1, 0.15) is 0 Å². The second kappa shape index (κ2) is 5.11. The fourth-order valence-corrected chi connectivity index (χ4v) is 1.24. The van der Waals surface area contributed by atoms with Crippen molar-refractivity contribution in [1.82, 2.24) is 9.88 Å². The van der Waals surface area contributed by atoms with Crippen molar-refractivity contribution in [3.8, 4) is 6.07 Å². The summed E-state index contributed by atoms with van der Waals surface area (Å²) >= 11 is 0. The van der Waals surface area contributed by atoms with Crippen molar-refractivity contribution in [2.75, 3.05) is 13.6 Å². The molecule has 1 amide bonds. The van der Waals surface area contributed by atoms with E-state index in [0.29, 0.717) is 24.2 Å². The molecule has 4 heteroatoms. The maximum absolute atomic E-state index is 11.8. The van der Waals surface area contributed by atoms with Crippen molar-refractivity contribution in [3.05, 3.63) is 29.6 Å². The normalized spacial score (nSPS) is 9.40. The number of hydrogen-bond acceptors (Lipinski definition) is 3. The second-order valence-electron chi connectivity index (χ2n) is 3.27. The fraction of sp³-hybridized carbons (Fsp3) is 0.364. The molecule has 0 aromatic carbocycles. The topological polar surface area (TPSA) is 57.0 Å². The summed E-state index contributed by atoms with van der Waals surface area (Å²) in [5.74, 6) is -0.0872. The largest absolute Gasteiger partial charge is 0.341 e. The van der Waals surface area contributed by atoms with Crippen LogP contribution in [0.1, 0.15) is 22.5 Å². The monoisotopic (exact) mass is 203 g/mol. The molecule has 0 radical (unpaired) electrons. The third-order valence-electron chi connectivity index (χ3n) is 2.14. The molecule has 1 aromatic heterocycles. The maximum atomic E-state index is 11.8. The Bertz CT molecular complexity index is 395. The Morgan fingerprint density at radius 2 is 2.40 bits per heavy atom. The Morgan fingerprint density at radius 3 is 3.00 bits per heavy atom. The van der Waals surface area contributed by atoms with Crippen molar-refractivity contribution in [2.45, 2.75) is 13.3 Å². The third-order valence-corrected chi connectivity index (χ3v) is 2.14. The molecular weight excluding hydrogens is 190 g/mol. The van der Waals surface area contributed by atoms with Crippen LogP contribution in [0.4, 0.5) is 0 Å². The summed E-state index contributed by atoms with van der Waals surface area (Å²) in [7, 11) is 1.69. The van der Waals surface area contributed by atoms with Gasteiger partial charge in [-0.1, -0.05) is 0 Å². The molecule has 1 heterocycles. The maximum Gasteiger partial charge on any atom is 0.255 e. The molecule has 0 fully saturated rings. The van der Waals surface area contributed by atoms with Crippen LogP contribution in [0.5, 0.6) is 0 Å². The molecule has 0 saturated heterocycles. The van der Waals surface area contributed by atoms with Crippen LogP contribution < -0.4 is 0 Å². The van der Waals surface area contributed by atoms with Crippen LogP contribution in [0, 0.1) is 18.3 Å². The van der Waals surface area contributed by atoms with E-state index in [-0.39, 0.29) is 5.91 Å². The zero-order valence-electron chi connectivity index (χ0n) is 8.90. The van der Waals surface area contributed by atoms with E-state index >= 15 is 0 Å². The first-order valence-corrected chi connectivity index (χ1v) is 4.71. The summed E-state index contributed by atoms with van der Waals surface area (Å²) in [4.78, 5) is 17.4. The van der Waals surface area contributed by atoms with Gasteiger partial charge in [0.15, 0.2) is 0 Å². The van der Waals surface area contributed by atoms with Crippen LogP contribution in [-0.2, 0) is 0 Å². The lowest BCUT2D eigenvalue weighted by Crippen LogP contribution is -2.28. The van der Waals surface area contributed by atoms with Gasteiger partial charge in [0.25, 0.3) is 5.91 Å². The number of carbonyl (C=O) groups is 1. The van der Waals surface area contributed by atoms with Gasteiger partial charge in [0, 0.05) is 25.5 Å². The summed E-state index contributed by atoms with van der Waals surface area (Å²) in [5.41, 5.74) is 1.31. The molecule has 0 aliphatic carbocycles. The lowest BCUT2D eigenvalue weighted by atomic mass is 10.2. The second-order valence-corrected chi connectivity index (χ2v) is 3.27. The quantitative estimate of drug-likeness (QED) is 0.745. The Hall–Kier alpha value is -1.89. The van der Waals surface area contributed by atoms with Crippen LogP contribution in [0.15, 0.2) is 18.3 Å². The van der Waals surface area contributed by atoms with Gasteiger partial charge in [-0.25, -0.2) is 0 Å². The molecule has 0 saturated carbocycles. The highest BCUT2D eigenvalue weighted by molar-refractivity contribution is 5.94. The molecule has 0 atom stereocenters. The number of amides is 1. The van der Waals surface area contributed by atoms with Gasteiger partial charge >= 0.3 is 0 Å². The first kappa shape index (κ1) is 11.2. The van der Waals surface area contributed by atoms with E-state index in [1.54, 1.807) is 32.3 Å². The highest BCUT2D eigenvalue weighted by Gasteiger charge is 2.13. The van der Waals surface area contributed by atoms with Gasteiger partial charge in [0.2, 0.25) is 0 Å².